The lowest BCUT2D eigenvalue weighted by Gasteiger charge is -2.18. The first-order valence-electron chi connectivity index (χ1n) is 5.70. The lowest BCUT2D eigenvalue weighted by atomic mass is 9.90. The summed E-state index contributed by atoms with van der Waals surface area (Å²) in [4.78, 5) is 22.6. The number of rotatable bonds is 5. The molecule has 1 rings (SSSR count). The second kappa shape index (κ2) is 6.02. The van der Waals surface area contributed by atoms with Gasteiger partial charge in [0.1, 0.15) is 5.82 Å². The highest BCUT2D eigenvalue weighted by Crippen LogP contribution is 2.19. The molecule has 6 heteroatoms. The summed E-state index contributed by atoms with van der Waals surface area (Å²) >= 11 is 5.51. The van der Waals surface area contributed by atoms with Gasteiger partial charge in [-0.05, 0) is 38.5 Å². The lowest BCUT2D eigenvalue weighted by molar-refractivity contribution is -0.147. The van der Waals surface area contributed by atoms with E-state index in [1.165, 1.54) is 12.1 Å². The Morgan fingerprint density at radius 1 is 1.42 bits per heavy atom. The van der Waals surface area contributed by atoms with Crippen LogP contribution in [0.1, 0.15) is 30.6 Å². The molecule has 0 unspecified atom stereocenters. The Morgan fingerprint density at radius 3 is 2.58 bits per heavy atom. The van der Waals surface area contributed by atoms with Crippen molar-refractivity contribution in [2.75, 3.05) is 6.54 Å². The Labute approximate surface area is 115 Å². The number of carboxylic acid groups (broad SMARTS) is 1. The molecule has 0 aliphatic rings. The van der Waals surface area contributed by atoms with E-state index in [1.54, 1.807) is 13.8 Å². The average molecular weight is 288 g/mol. The van der Waals surface area contributed by atoms with Crippen LogP contribution in [0.15, 0.2) is 18.2 Å². The van der Waals surface area contributed by atoms with Gasteiger partial charge in [-0.3, -0.25) is 9.59 Å². The second-order valence-corrected chi connectivity index (χ2v) is 5.23. The SMILES string of the molecule is CC(C)(CCNC(=O)c1ccc(Cl)c(F)c1)C(=O)O. The van der Waals surface area contributed by atoms with Crippen molar-refractivity contribution in [2.24, 2.45) is 5.41 Å². The van der Waals surface area contributed by atoms with Crippen molar-refractivity contribution < 1.29 is 19.1 Å². The Kier molecular flexibility index (Phi) is 4.89. The van der Waals surface area contributed by atoms with E-state index >= 15 is 0 Å². The molecule has 1 aromatic rings. The van der Waals surface area contributed by atoms with E-state index in [4.69, 9.17) is 16.7 Å². The van der Waals surface area contributed by atoms with Gasteiger partial charge in [0, 0.05) is 12.1 Å². The van der Waals surface area contributed by atoms with Gasteiger partial charge in [-0.25, -0.2) is 4.39 Å². The van der Waals surface area contributed by atoms with Crippen molar-refractivity contribution in [3.8, 4) is 0 Å². The molecular formula is C13H15ClFNO3. The Morgan fingerprint density at radius 2 is 2.05 bits per heavy atom. The molecule has 4 nitrogen and oxygen atoms in total. The highest BCUT2D eigenvalue weighted by molar-refractivity contribution is 6.30. The number of halogens is 2. The Bertz CT molecular complexity index is 503. The summed E-state index contributed by atoms with van der Waals surface area (Å²) in [7, 11) is 0. The summed E-state index contributed by atoms with van der Waals surface area (Å²) < 4.78 is 13.2. The molecule has 0 aliphatic heterocycles. The van der Waals surface area contributed by atoms with Gasteiger partial charge >= 0.3 is 5.97 Å². The molecule has 0 saturated heterocycles. The van der Waals surface area contributed by atoms with Gasteiger partial charge in [-0.15, -0.1) is 0 Å². The molecule has 0 aliphatic carbocycles. The monoisotopic (exact) mass is 287 g/mol. The van der Waals surface area contributed by atoms with E-state index in [0.717, 1.165) is 6.07 Å². The van der Waals surface area contributed by atoms with E-state index in [0.29, 0.717) is 0 Å². The highest BCUT2D eigenvalue weighted by Gasteiger charge is 2.26. The first kappa shape index (κ1) is 15.4. The largest absolute Gasteiger partial charge is 0.481 e. The van der Waals surface area contributed by atoms with Gasteiger partial charge in [0.2, 0.25) is 0 Å². The standard InChI is InChI=1S/C13H15ClFNO3/c1-13(2,12(18)19)5-6-16-11(17)8-3-4-9(14)10(15)7-8/h3-4,7H,5-6H2,1-2H3,(H,16,17)(H,18,19). The first-order chi connectivity index (χ1) is 8.74. The molecule has 0 saturated carbocycles. The summed E-state index contributed by atoms with van der Waals surface area (Å²) in [5, 5.41) is 11.4. The molecule has 2 N–H and O–H groups in total. The zero-order chi connectivity index (χ0) is 14.6. The normalized spacial score (nSPS) is 11.2. The van der Waals surface area contributed by atoms with Crippen molar-refractivity contribution in [2.45, 2.75) is 20.3 Å². The molecule has 104 valence electrons. The number of carboxylic acids is 1. The van der Waals surface area contributed by atoms with Gasteiger partial charge < -0.3 is 10.4 Å². The minimum Gasteiger partial charge on any atom is -0.481 e. The fourth-order valence-corrected chi connectivity index (χ4v) is 1.45. The fraction of sp³-hybridized carbons (Fsp3) is 0.385. The molecule has 1 aromatic carbocycles. The summed E-state index contributed by atoms with van der Waals surface area (Å²) in [6.45, 7) is 3.34. The minimum absolute atomic E-state index is 0.0523. The highest BCUT2D eigenvalue weighted by atomic mass is 35.5. The van der Waals surface area contributed by atoms with Crippen LogP contribution in [0.25, 0.3) is 0 Å². The van der Waals surface area contributed by atoms with Gasteiger partial charge in [-0.2, -0.15) is 0 Å². The average Bonchev–Trinajstić information content (AvgIpc) is 2.32. The molecule has 0 fully saturated rings. The van der Waals surface area contributed by atoms with Crippen molar-refractivity contribution in [3.63, 3.8) is 0 Å². The molecule has 0 atom stereocenters. The predicted molar refractivity (Wildman–Crippen MR) is 69.8 cm³/mol. The molecule has 0 spiro atoms. The molecule has 1 amide bonds. The zero-order valence-corrected chi connectivity index (χ0v) is 11.4. The third-order valence-corrected chi connectivity index (χ3v) is 3.10. The lowest BCUT2D eigenvalue weighted by Crippen LogP contribution is -2.32. The van der Waals surface area contributed by atoms with Gasteiger partial charge in [0.15, 0.2) is 0 Å². The smallest absolute Gasteiger partial charge is 0.309 e. The van der Waals surface area contributed by atoms with Crippen LogP contribution in [0.2, 0.25) is 5.02 Å². The number of aliphatic carboxylic acids is 1. The molecule has 0 radical (unpaired) electrons. The third-order valence-electron chi connectivity index (χ3n) is 2.80. The van der Waals surface area contributed by atoms with Crippen molar-refractivity contribution in [3.05, 3.63) is 34.6 Å². The van der Waals surface area contributed by atoms with Crippen molar-refractivity contribution in [1.82, 2.24) is 5.32 Å². The van der Waals surface area contributed by atoms with Crippen LogP contribution >= 0.6 is 11.6 Å². The number of benzene rings is 1. The first-order valence-corrected chi connectivity index (χ1v) is 6.08. The van der Waals surface area contributed by atoms with Crippen LogP contribution < -0.4 is 5.32 Å². The van der Waals surface area contributed by atoms with Crippen molar-refractivity contribution in [1.29, 1.82) is 0 Å². The number of hydrogen-bond acceptors (Lipinski definition) is 2. The molecule has 0 aromatic heterocycles. The van der Waals surface area contributed by atoms with Crippen LogP contribution in [0.4, 0.5) is 4.39 Å². The maximum Gasteiger partial charge on any atom is 0.309 e. The van der Waals surface area contributed by atoms with Crippen LogP contribution in [0.5, 0.6) is 0 Å². The van der Waals surface area contributed by atoms with Crippen LogP contribution in [0.3, 0.4) is 0 Å². The molecule has 19 heavy (non-hydrogen) atoms. The Hall–Kier alpha value is -1.62. The van der Waals surface area contributed by atoms with Crippen LogP contribution in [-0.4, -0.2) is 23.5 Å². The quantitative estimate of drug-likeness (QED) is 0.875. The molecular weight excluding hydrogens is 273 g/mol. The number of nitrogens with one attached hydrogen (secondary N) is 1. The Balaban J connectivity index is 2.57. The summed E-state index contributed by atoms with van der Waals surface area (Å²) in [5.74, 6) is -2.06. The zero-order valence-electron chi connectivity index (χ0n) is 10.7. The van der Waals surface area contributed by atoms with Gasteiger partial charge in [0.05, 0.1) is 10.4 Å². The van der Waals surface area contributed by atoms with Gasteiger partial charge in [-0.1, -0.05) is 11.6 Å². The summed E-state index contributed by atoms with van der Waals surface area (Å²) in [6, 6.07) is 3.75. The van der Waals surface area contributed by atoms with E-state index in [1.807, 2.05) is 0 Å². The van der Waals surface area contributed by atoms with Crippen LogP contribution in [-0.2, 0) is 4.79 Å². The number of carbonyl (C=O) groups is 2. The predicted octanol–water partition coefficient (Wildman–Crippen LogP) is 2.71. The number of amides is 1. The maximum absolute atomic E-state index is 13.2. The van der Waals surface area contributed by atoms with E-state index in [2.05, 4.69) is 5.32 Å². The molecule has 0 bridgehead atoms. The van der Waals surface area contributed by atoms with Gasteiger partial charge in [0.25, 0.3) is 5.91 Å². The second-order valence-electron chi connectivity index (χ2n) is 4.82. The summed E-state index contributed by atoms with van der Waals surface area (Å²) in [6.07, 6.45) is 0.282. The van der Waals surface area contributed by atoms with Crippen LogP contribution in [0, 0.1) is 11.2 Å². The summed E-state index contributed by atoms with van der Waals surface area (Å²) in [5.41, 5.74) is -0.770. The van der Waals surface area contributed by atoms with E-state index in [-0.39, 0.29) is 23.6 Å². The van der Waals surface area contributed by atoms with E-state index in [9.17, 15) is 14.0 Å². The minimum atomic E-state index is -0.931. The number of carbonyl (C=O) groups excluding carboxylic acids is 1. The van der Waals surface area contributed by atoms with Crippen molar-refractivity contribution >= 4 is 23.5 Å². The number of hydrogen-bond donors (Lipinski definition) is 2. The van der Waals surface area contributed by atoms with E-state index < -0.39 is 23.1 Å². The molecule has 0 heterocycles. The topological polar surface area (TPSA) is 66.4 Å². The third kappa shape index (κ3) is 4.21. The fourth-order valence-electron chi connectivity index (χ4n) is 1.33. The maximum atomic E-state index is 13.2.